The highest BCUT2D eigenvalue weighted by Gasteiger charge is 2.15. The van der Waals surface area contributed by atoms with Gasteiger partial charge in [0.05, 0.1) is 18.8 Å². The summed E-state index contributed by atoms with van der Waals surface area (Å²) in [6, 6.07) is 5.46. The number of hydrogen-bond acceptors (Lipinski definition) is 4. The zero-order valence-electron chi connectivity index (χ0n) is 11.6. The van der Waals surface area contributed by atoms with Gasteiger partial charge >= 0.3 is 0 Å². The van der Waals surface area contributed by atoms with Crippen LogP contribution in [0.1, 0.15) is 12.8 Å². The first-order valence-corrected chi connectivity index (χ1v) is 7.02. The van der Waals surface area contributed by atoms with Gasteiger partial charge in [-0.05, 0) is 44.0 Å². The fraction of sp³-hybridized carbons (Fsp3) is 0.467. The van der Waals surface area contributed by atoms with Crippen LogP contribution < -0.4 is 15.6 Å². The Morgan fingerprint density at radius 1 is 1.50 bits per heavy atom. The first kappa shape index (κ1) is 13.1. The monoisotopic (exact) mass is 273 g/mol. The molecule has 1 fully saturated rings. The molecule has 2 heterocycles. The molecule has 1 aliphatic heterocycles. The lowest BCUT2D eigenvalue weighted by Crippen LogP contribution is -2.34. The molecule has 1 aliphatic rings. The second-order valence-corrected chi connectivity index (χ2v) is 5.27. The van der Waals surface area contributed by atoms with Crippen molar-refractivity contribution in [2.75, 3.05) is 20.2 Å². The molecule has 3 rings (SSSR count). The maximum atomic E-state index is 12.5. The van der Waals surface area contributed by atoms with Gasteiger partial charge in [0.2, 0.25) is 0 Å². The number of para-hydroxylation sites is 1. The van der Waals surface area contributed by atoms with Crippen LogP contribution in [0.3, 0.4) is 0 Å². The minimum absolute atomic E-state index is 0.0134. The molecular formula is C15H19N3O2. The summed E-state index contributed by atoms with van der Waals surface area (Å²) in [5.74, 6) is 1.15. The summed E-state index contributed by atoms with van der Waals surface area (Å²) in [6.07, 6.45) is 3.98. The van der Waals surface area contributed by atoms with Crippen molar-refractivity contribution in [2.45, 2.75) is 19.4 Å². The summed E-state index contributed by atoms with van der Waals surface area (Å²) >= 11 is 0. The van der Waals surface area contributed by atoms with Gasteiger partial charge in [0.25, 0.3) is 5.56 Å². The van der Waals surface area contributed by atoms with Gasteiger partial charge in [-0.1, -0.05) is 6.07 Å². The smallest absolute Gasteiger partial charge is 0.261 e. The van der Waals surface area contributed by atoms with Crippen molar-refractivity contribution < 1.29 is 4.74 Å². The van der Waals surface area contributed by atoms with Crippen molar-refractivity contribution in [3.8, 4) is 5.75 Å². The topological polar surface area (TPSA) is 56.1 Å². The van der Waals surface area contributed by atoms with Crippen LogP contribution >= 0.6 is 0 Å². The number of piperidine rings is 1. The van der Waals surface area contributed by atoms with Crippen LogP contribution in [0.5, 0.6) is 5.75 Å². The van der Waals surface area contributed by atoms with E-state index >= 15 is 0 Å². The van der Waals surface area contributed by atoms with Crippen LogP contribution in [0.4, 0.5) is 0 Å². The van der Waals surface area contributed by atoms with E-state index in [4.69, 9.17) is 4.74 Å². The zero-order valence-corrected chi connectivity index (χ0v) is 11.6. The molecular weight excluding hydrogens is 254 g/mol. The lowest BCUT2D eigenvalue weighted by molar-refractivity contribution is 0.333. The Labute approximate surface area is 117 Å². The molecule has 0 spiro atoms. The Kier molecular flexibility index (Phi) is 3.69. The van der Waals surface area contributed by atoms with Crippen molar-refractivity contribution in [2.24, 2.45) is 5.92 Å². The van der Waals surface area contributed by atoms with E-state index in [1.54, 1.807) is 18.0 Å². The van der Waals surface area contributed by atoms with Crippen LogP contribution in [0, 0.1) is 5.92 Å². The lowest BCUT2D eigenvalue weighted by Gasteiger charge is -2.23. The van der Waals surface area contributed by atoms with Gasteiger partial charge in [-0.15, -0.1) is 0 Å². The van der Waals surface area contributed by atoms with E-state index in [-0.39, 0.29) is 5.56 Å². The quantitative estimate of drug-likeness (QED) is 0.918. The molecule has 0 amide bonds. The van der Waals surface area contributed by atoms with Gasteiger partial charge in [-0.25, -0.2) is 4.98 Å². The Hall–Kier alpha value is -1.88. The van der Waals surface area contributed by atoms with Crippen LogP contribution in [0.15, 0.2) is 29.3 Å². The molecule has 0 radical (unpaired) electrons. The van der Waals surface area contributed by atoms with E-state index in [1.165, 1.54) is 6.42 Å². The van der Waals surface area contributed by atoms with Crippen molar-refractivity contribution in [1.29, 1.82) is 0 Å². The van der Waals surface area contributed by atoms with Gasteiger partial charge in [-0.3, -0.25) is 9.36 Å². The third-order valence-electron chi connectivity index (χ3n) is 3.89. The molecule has 0 bridgehead atoms. The molecule has 20 heavy (non-hydrogen) atoms. The first-order valence-electron chi connectivity index (χ1n) is 7.02. The number of benzene rings is 1. The molecule has 1 N–H and O–H groups in total. The summed E-state index contributed by atoms with van der Waals surface area (Å²) in [4.78, 5) is 16.9. The van der Waals surface area contributed by atoms with E-state index in [9.17, 15) is 4.79 Å². The number of rotatable bonds is 3. The number of ether oxygens (including phenoxy) is 1. The number of nitrogens with zero attached hydrogens (tertiary/aromatic N) is 2. The highest BCUT2D eigenvalue weighted by molar-refractivity contribution is 5.83. The minimum atomic E-state index is 0.0134. The second kappa shape index (κ2) is 5.63. The van der Waals surface area contributed by atoms with E-state index in [1.807, 2.05) is 18.2 Å². The number of hydrogen-bond donors (Lipinski definition) is 1. The third kappa shape index (κ3) is 2.41. The number of aromatic nitrogens is 2. The highest BCUT2D eigenvalue weighted by Crippen LogP contribution is 2.20. The normalized spacial score (nSPS) is 19.1. The maximum absolute atomic E-state index is 12.5. The van der Waals surface area contributed by atoms with Crippen LogP contribution in [-0.2, 0) is 6.54 Å². The standard InChI is InChI=1S/C15H19N3O2/c1-20-13-6-2-5-12-14(13)17-10-18(15(12)19)9-11-4-3-7-16-8-11/h2,5-6,10-11,16H,3-4,7-9H2,1H3. The van der Waals surface area contributed by atoms with Gasteiger partial charge in [-0.2, -0.15) is 0 Å². The van der Waals surface area contributed by atoms with Gasteiger partial charge < -0.3 is 10.1 Å². The molecule has 1 atom stereocenters. The molecule has 1 aromatic carbocycles. The van der Waals surface area contributed by atoms with Crippen molar-refractivity contribution in [3.63, 3.8) is 0 Å². The number of nitrogens with one attached hydrogen (secondary N) is 1. The largest absolute Gasteiger partial charge is 0.494 e. The Bertz CT molecular complexity index is 660. The van der Waals surface area contributed by atoms with E-state index in [0.29, 0.717) is 22.6 Å². The fourth-order valence-corrected chi connectivity index (χ4v) is 2.82. The summed E-state index contributed by atoms with van der Waals surface area (Å²) < 4.78 is 6.97. The predicted molar refractivity (Wildman–Crippen MR) is 78.1 cm³/mol. The SMILES string of the molecule is COc1cccc2c(=O)n(CC3CCCNC3)cnc12. The maximum Gasteiger partial charge on any atom is 0.261 e. The molecule has 1 unspecified atom stereocenters. The second-order valence-electron chi connectivity index (χ2n) is 5.27. The molecule has 5 nitrogen and oxygen atoms in total. The Morgan fingerprint density at radius 3 is 3.15 bits per heavy atom. The average Bonchev–Trinajstić information content (AvgIpc) is 2.51. The molecule has 0 aliphatic carbocycles. The molecule has 2 aromatic rings. The molecule has 0 saturated carbocycles. The van der Waals surface area contributed by atoms with Crippen LogP contribution in [0.2, 0.25) is 0 Å². The van der Waals surface area contributed by atoms with Gasteiger partial charge in [0.15, 0.2) is 0 Å². The molecule has 106 valence electrons. The Balaban J connectivity index is 1.96. The van der Waals surface area contributed by atoms with Gasteiger partial charge in [0.1, 0.15) is 11.3 Å². The molecule has 1 saturated heterocycles. The Morgan fingerprint density at radius 2 is 2.40 bits per heavy atom. The summed E-state index contributed by atoms with van der Waals surface area (Å²) in [5.41, 5.74) is 0.650. The van der Waals surface area contributed by atoms with E-state index in [2.05, 4.69) is 10.3 Å². The first-order chi connectivity index (χ1) is 9.79. The predicted octanol–water partition coefficient (Wildman–Crippen LogP) is 1.40. The summed E-state index contributed by atoms with van der Waals surface area (Å²) in [6.45, 7) is 2.78. The highest BCUT2D eigenvalue weighted by atomic mass is 16.5. The van der Waals surface area contributed by atoms with Crippen molar-refractivity contribution >= 4 is 10.9 Å². The van der Waals surface area contributed by atoms with E-state index in [0.717, 1.165) is 26.1 Å². The van der Waals surface area contributed by atoms with E-state index < -0.39 is 0 Å². The van der Waals surface area contributed by atoms with Crippen molar-refractivity contribution in [3.05, 3.63) is 34.9 Å². The summed E-state index contributed by atoms with van der Waals surface area (Å²) in [5, 5.41) is 4.00. The minimum Gasteiger partial charge on any atom is -0.494 e. The molecule has 1 aromatic heterocycles. The third-order valence-corrected chi connectivity index (χ3v) is 3.89. The van der Waals surface area contributed by atoms with Crippen LogP contribution in [0.25, 0.3) is 10.9 Å². The summed E-state index contributed by atoms with van der Waals surface area (Å²) in [7, 11) is 1.59. The lowest BCUT2D eigenvalue weighted by atomic mass is 10.00. The average molecular weight is 273 g/mol. The van der Waals surface area contributed by atoms with Gasteiger partial charge in [0, 0.05) is 6.54 Å². The number of methoxy groups -OCH3 is 1. The molecule has 5 heteroatoms. The number of fused-ring (bicyclic) bond motifs is 1. The van der Waals surface area contributed by atoms with Crippen LogP contribution in [-0.4, -0.2) is 29.8 Å². The fourth-order valence-electron chi connectivity index (χ4n) is 2.82. The van der Waals surface area contributed by atoms with Crippen molar-refractivity contribution in [1.82, 2.24) is 14.9 Å². The zero-order chi connectivity index (χ0) is 13.9.